The molecule has 1 aromatic heterocycles. The van der Waals surface area contributed by atoms with Crippen LogP contribution in [0, 0.1) is 0 Å². The van der Waals surface area contributed by atoms with Crippen LogP contribution in [0.25, 0.3) is 5.69 Å². The van der Waals surface area contributed by atoms with Crippen LogP contribution in [-0.2, 0) is 0 Å². The first-order chi connectivity index (χ1) is 13.8. The van der Waals surface area contributed by atoms with Gasteiger partial charge in [0.15, 0.2) is 5.69 Å². The van der Waals surface area contributed by atoms with Gasteiger partial charge in [-0.1, -0.05) is 36.4 Å². The molecule has 1 aliphatic heterocycles. The van der Waals surface area contributed by atoms with Gasteiger partial charge in [-0.2, -0.15) is 5.10 Å². The molecule has 28 heavy (non-hydrogen) atoms. The highest BCUT2D eigenvalue weighted by atomic mass is 16.5. The third-order valence-corrected chi connectivity index (χ3v) is 4.88. The van der Waals surface area contributed by atoms with E-state index >= 15 is 0 Å². The molecule has 0 bridgehead atoms. The van der Waals surface area contributed by atoms with Gasteiger partial charge in [0.25, 0.3) is 5.91 Å². The van der Waals surface area contributed by atoms with E-state index in [4.69, 9.17) is 4.74 Å². The Balaban J connectivity index is 1.49. The molecule has 4 rings (SSSR count). The Morgan fingerprint density at radius 3 is 2.14 bits per heavy atom. The molecule has 6 heteroatoms. The molecule has 2 heterocycles. The van der Waals surface area contributed by atoms with Crippen molar-refractivity contribution < 1.29 is 9.53 Å². The first kappa shape index (κ1) is 18.1. The molecule has 0 radical (unpaired) electrons. The molecule has 1 aliphatic rings. The van der Waals surface area contributed by atoms with E-state index in [1.165, 1.54) is 5.69 Å². The van der Waals surface area contributed by atoms with Gasteiger partial charge in [0.05, 0.1) is 12.3 Å². The minimum absolute atomic E-state index is 0.0525. The minimum atomic E-state index is -0.0525. The number of hydrogen-bond donors (Lipinski definition) is 0. The van der Waals surface area contributed by atoms with Crippen molar-refractivity contribution in [2.45, 2.75) is 6.92 Å². The topological polar surface area (TPSA) is 50.6 Å². The van der Waals surface area contributed by atoms with Gasteiger partial charge in [0.1, 0.15) is 0 Å². The summed E-state index contributed by atoms with van der Waals surface area (Å²) in [4.78, 5) is 17.2. The van der Waals surface area contributed by atoms with Gasteiger partial charge in [0.2, 0.25) is 5.88 Å². The van der Waals surface area contributed by atoms with Gasteiger partial charge in [-0.25, -0.2) is 4.68 Å². The number of aromatic nitrogens is 2. The molecule has 0 aliphatic carbocycles. The molecule has 0 atom stereocenters. The lowest BCUT2D eigenvalue weighted by atomic mass is 10.2. The van der Waals surface area contributed by atoms with Crippen LogP contribution < -0.4 is 9.64 Å². The lowest BCUT2D eigenvalue weighted by Crippen LogP contribution is -2.48. The fourth-order valence-electron chi connectivity index (χ4n) is 3.44. The van der Waals surface area contributed by atoms with Crippen LogP contribution in [0.5, 0.6) is 5.88 Å². The fourth-order valence-corrected chi connectivity index (χ4v) is 3.44. The van der Waals surface area contributed by atoms with E-state index in [2.05, 4.69) is 22.1 Å². The third kappa shape index (κ3) is 3.71. The number of carbonyl (C=O) groups is 1. The summed E-state index contributed by atoms with van der Waals surface area (Å²) >= 11 is 0. The number of carbonyl (C=O) groups excluding carboxylic acids is 1. The number of ether oxygens (including phenoxy) is 1. The van der Waals surface area contributed by atoms with Crippen LogP contribution in [0.2, 0.25) is 0 Å². The van der Waals surface area contributed by atoms with Crippen LogP contribution in [0.3, 0.4) is 0 Å². The number of para-hydroxylation sites is 2. The van der Waals surface area contributed by atoms with E-state index in [1.807, 2.05) is 60.4 Å². The predicted molar refractivity (Wildman–Crippen MR) is 109 cm³/mol. The highest BCUT2D eigenvalue weighted by Crippen LogP contribution is 2.22. The Hall–Kier alpha value is -3.28. The van der Waals surface area contributed by atoms with Gasteiger partial charge in [-0.15, -0.1) is 0 Å². The molecular formula is C22H24N4O2. The van der Waals surface area contributed by atoms with Crippen molar-refractivity contribution in [1.82, 2.24) is 14.7 Å². The predicted octanol–water partition coefficient (Wildman–Crippen LogP) is 3.23. The second-order valence-corrected chi connectivity index (χ2v) is 6.66. The van der Waals surface area contributed by atoms with Gasteiger partial charge >= 0.3 is 0 Å². The van der Waals surface area contributed by atoms with Crippen molar-refractivity contribution in [3.63, 3.8) is 0 Å². The van der Waals surface area contributed by atoms with Gasteiger partial charge in [-0.05, 0) is 31.2 Å². The number of rotatable bonds is 5. The lowest BCUT2D eigenvalue weighted by Gasteiger charge is -2.35. The first-order valence-corrected chi connectivity index (χ1v) is 9.64. The van der Waals surface area contributed by atoms with E-state index in [-0.39, 0.29) is 5.91 Å². The number of amides is 1. The summed E-state index contributed by atoms with van der Waals surface area (Å²) < 4.78 is 7.40. The highest BCUT2D eigenvalue weighted by Gasteiger charge is 2.25. The van der Waals surface area contributed by atoms with Gasteiger partial charge < -0.3 is 14.5 Å². The number of anilines is 1. The molecule has 3 aromatic rings. The zero-order valence-corrected chi connectivity index (χ0v) is 16.0. The van der Waals surface area contributed by atoms with E-state index in [1.54, 1.807) is 10.7 Å². The van der Waals surface area contributed by atoms with Crippen molar-refractivity contribution in [2.75, 3.05) is 37.7 Å². The molecule has 1 fully saturated rings. The molecule has 2 aromatic carbocycles. The summed E-state index contributed by atoms with van der Waals surface area (Å²) in [7, 11) is 0. The smallest absolute Gasteiger partial charge is 0.274 e. The number of benzene rings is 2. The summed E-state index contributed by atoms with van der Waals surface area (Å²) in [5.41, 5.74) is 2.49. The molecule has 0 saturated carbocycles. The largest absolute Gasteiger partial charge is 0.478 e. The maximum Gasteiger partial charge on any atom is 0.274 e. The van der Waals surface area contributed by atoms with Crippen molar-refractivity contribution in [3.05, 3.63) is 72.4 Å². The zero-order chi connectivity index (χ0) is 19.3. The number of nitrogens with zero attached hydrogens (tertiary/aromatic N) is 4. The summed E-state index contributed by atoms with van der Waals surface area (Å²) in [5.74, 6) is 0.531. The average molecular weight is 376 g/mol. The Kier molecular flexibility index (Phi) is 5.28. The molecule has 0 spiro atoms. The maximum atomic E-state index is 13.0. The molecule has 144 valence electrons. The molecule has 0 unspecified atom stereocenters. The summed E-state index contributed by atoms with van der Waals surface area (Å²) in [6.45, 7) is 5.42. The Labute approximate surface area is 164 Å². The molecule has 1 saturated heterocycles. The van der Waals surface area contributed by atoms with E-state index in [0.29, 0.717) is 31.3 Å². The molecule has 6 nitrogen and oxygen atoms in total. The quantitative estimate of drug-likeness (QED) is 0.686. The van der Waals surface area contributed by atoms with Crippen LogP contribution in [-0.4, -0.2) is 53.4 Å². The second-order valence-electron chi connectivity index (χ2n) is 6.66. The second kappa shape index (κ2) is 8.17. The summed E-state index contributed by atoms with van der Waals surface area (Å²) in [6, 6.07) is 21.8. The highest BCUT2D eigenvalue weighted by molar-refractivity contribution is 5.93. The van der Waals surface area contributed by atoms with E-state index in [9.17, 15) is 4.79 Å². The summed E-state index contributed by atoms with van der Waals surface area (Å²) in [6.07, 6.45) is 0. The minimum Gasteiger partial charge on any atom is -0.478 e. The van der Waals surface area contributed by atoms with Crippen molar-refractivity contribution in [1.29, 1.82) is 0 Å². The maximum absolute atomic E-state index is 13.0. The van der Waals surface area contributed by atoms with Crippen LogP contribution in [0.15, 0.2) is 66.7 Å². The number of piperazine rings is 1. The fraction of sp³-hybridized carbons (Fsp3) is 0.273. The molecular weight excluding hydrogens is 352 g/mol. The Bertz CT molecular complexity index is 916. The normalized spacial score (nSPS) is 14.2. The first-order valence-electron chi connectivity index (χ1n) is 9.64. The van der Waals surface area contributed by atoms with Gasteiger partial charge in [0, 0.05) is 37.9 Å². The van der Waals surface area contributed by atoms with E-state index < -0.39 is 0 Å². The van der Waals surface area contributed by atoms with Crippen LogP contribution in [0.4, 0.5) is 5.69 Å². The molecule has 1 amide bonds. The van der Waals surface area contributed by atoms with Crippen LogP contribution in [0.1, 0.15) is 17.4 Å². The lowest BCUT2D eigenvalue weighted by molar-refractivity contribution is 0.0740. The average Bonchev–Trinajstić information content (AvgIpc) is 3.19. The van der Waals surface area contributed by atoms with Crippen molar-refractivity contribution in [2.24, 2.45) is 0 Å². The Morgan fingerprint density at radius 2 is 1.54 bits per heavy atom. The zero-order valence-electron chi connectivity index (χ0n) is 16.0. The van der Waals surface area contributed by atoms with Crippen molar-refractivity contribution in [3.8, 4) is 11.6 Å². The number of hydrogen-bond acceptors (Lipinski definition) is 4. The summed E-state index contributed by atoms with van der Waals surface area (Å²) in [5, 5.41) is 4.54. The monoisotopic (exact) mass is 376 g/mol. The SMILES string of the molecule is CCOc1cc(C(=O)N2CCN(c3ccccc3)CC2)nn1-c1ccccc1. The van der Waals surface area contributed by atoms with Gasteiger partial charge in [-0.3, -0.25) is 4.79 Å². The standard InChI is InChI=1S/C22H24N4O2/c1-2-28-21-17-20(23-26(21)19-11-7-4-8-12-19)22(27)25-15-13-24(14-16-25)18-9-5-3-6-10-18/h3-12,17H,2,13-16H2,1H3. The van der Waals surface area contributed by atoms with E-state index in [0.717, 1.165) is 18.8 Å². The van der Waals surface area contributed by atoms with Crippen molar-refractivity contribution >= 4 is 11.6 Å². The third-order valence-electron chi connectivity index (χ3n) is 4.88. The van der Waals surface area contributed by atoms with Crippen LogP contribution >= 0.6 is 0 Å². The molecule has 0 N–H and O–H groups in total. The Morgan fingerprint density at radius 1 is 0.929 bits per heavy atom.